The summed E-state index contributed by atoms with van der Waals surface area (Å²) in [6, 6.07) is 12.1. The van der Waals surface area contributed by atoms with Crippen LogP contribution in [0.2, 0.25) is 0 Å². The lowest BCUT2D eigenvalue weighted by Gasteiger charge is -1.91. The molecule has 0 radical (unpaired) electrons. The number of para-hydroxylation sites is 1. The largest absolute Gasteiger partial charge is 0.256 e. The Morgan fingerprint density at radius 1 is 0.929 bits per heavy atom. The molecule has 0 amide bonds. The van der Waals surface area contributed by atoms with E-state index in [0.717, 1.165) is 5.52 Å². The first-order valence-corrected chi connectivity index (χ1v) is 4.41. The molecule has 1 aromatic carbocycles. The number of pyridine rings is 1. The summed E-state index contributed by atoms with van der Waals surface area (Å²) in [6.45, 7) is 6.72. The molecule has 1 heterocycles. The monoisotopic (exact) mass is 183 g/mol. The first-order valence-electron chi connectivity index (χ1n) is 4.41. The second-order valence-electron chi connectivity index (χ2n) is 2.67. The quantitative estimate of drug-likeness (QED) is 0.616. The third kappa shape index (κ3) is 2.87. The highest BCUT2D eigenvalue weighted by molar-refractivity contribution is 5.77. The molecule has 0 atom stereocenters. The van der Waals surface area contributed by atoms with E-state index < -0.39 is 0 Å². The van der Waals surface area contributed by atoms with Crippen LogP contribution in [-0.4, -0.2) is 4.98 Å². The Morgan fingerprint density at radius 2 is 1.57 bits per heavy atom. The van der Waals surface area contributed by atoms with Crippen LogP contribution in [0.3, 0.4) is 0 Å². The second kappa shape index (κ2) is 5.70. The van der Waals surface area contributed by atoms with Gasteiger partial charge in [-0.25, -0.2) is 0 Å². The van der Waals surface area contributed by atoms with Gasteiger partial charge in [-0.1, -0.05) is 49.6 Å². The number of hydrogen-bond donors (Lipinski definition) is 0. The Hall–Kier alpha value is -1.89. The summed E-state index contributed by atoms with van der Waals surface area (Å²) in [4.78, 5) is 4.18. The van der Waals surface area contributed by atoms with Gasteiger partial charge in [0.05, 0.1) is 5.52 Å². The van der Waals surface area contributed by atoms with Gasteiger partial charge in [-0.2, -0.15) is 0 Å². The summed E-state index contributed by atoms with van der Waals surface area (Å²) in [6.07, 6.45) is 5.09. The molecule has 0 aliphatic rings. The Morgan fingerprint density at radius 3 is 2.21 bits per heavy atom. The molecule has 0 bridgehead atoms. The van der Waals surface area contributed by atoms with E-state index in [-0.39, 0.29) is 0 Å². The standard InChI is InChI=1S/C9H7N.C4H6/c1-2-6-9-8(4-1)5-3-7-10-9;1-3-4-2/h1-7H;3-4H,1-2H2. The fourth-order valence-electron chi connectivity index (χ4n) is 1.02. The van der Waals surface area contributed by atoms with Gasteiger partial charge in [0.15, 0.2) is 0 Å². The Balaban J connectivity index is 0.000000213. The number of hydrogen-bond acceptors (Lipinski definition) is 1. The van der Waals surface area contributed by atoms with Crippen LogP contribution < -0.4 is 0 Å². The third-order valence-electron chi connectivity index (χ3n) is 1.68. The molecule has 0 fully saturated rings. The minimum absolute atomic E-state index is 1.06. The van der Waals surface area contributed by atoms with Crippen molar-refractivity contribution in [2.75, 3.05) is 0 Å². The summed E-state index contributed by atoms with van der Waals surface area (Å²) < 4.78 is 0. The van der Waals surface area contributed by atoms with E-state index in [2.05, 4.69) is 30.3 Å². The Labute approximate surface area is 84.4 Å². The van der Waals surface area contributed by atoms with Gasteiger partial charge >= 0.3 is 0 Å². The normalized spacial score (nSPS) is 8.57. The van der Waals surface area contributed by atoms with Gasteiger partial charge in [0.25, 0.3) is 0 Å². The summed E-state index contributed by atoms with van der Waals surface area (Å²) in [5.74, 6) is 0. The second-order valence-corrected chi connectivity index (χ2v) is 2.67. The average Bonchev–Trinajstić information content (AvgIpc) is 2.30. The van der Waals surface area contributed by atoms with E-state index in [9.17, 15) is 0 Å². The smallest absolute Gasteiger partial charge is 0.0701 e. The van der Waals surface area contributed by atoms with Gasteiger partial charge in [-0.3, -0.25) is 4.98 Å². The van der Waals surface area contributed by atoms with Crippen molar-refractivity contribution >= 4 is 10.9 Å². The number of allylic oxidation sites excluding steroid dienone is 2. The molecule has 0 aliphatic carbocycles. The van der Waals surface area contributed by atoms with Crippen LogP contribution in [0, 0.1) is 0 Å². The van der Waals surface area contributed by atoms with Crippen molar-refractivity contribution in [1.29, 1.82) is 0 Å². The molecular formula is C13H13N. The van der Waals surface area contributed by atoms with Crippen molar-refractivity contribution in [1.82, 2.24) is 4.98 Å². The van der Waals surface area contributed by atoms with Crippen LogP contribution in [0.1, 0.15) is 0 Å². The van der Waals surface area contributed by atoms with Crippen molar-refractivity contribution in [3.05, 3.63) is 67.9 Å². The van der Waals surface area contributed by atoms with Crippen molar-refractivity contribution in [2.45, 2.75) is 0 Å². The number of aromatic nitrogens is 1. The highest BCUT2D eigenvalue weighted by Gasteiger charge is 1.86. The highest BCUT2D eigenvalue weighted by atomic mass is 14.6. The minimum Gasteiger partial charge on any atom is -0.256 e. The summed E-state index contributed by atoms with van der Waals surface area (Å²) in [5, 5.41) is 1.20. The molecule has 2 rings (SSSR count). The predicted molar refractivity (Wildman–Crippen MR) is 62.1 cm³/mol. The lowest BCUT2D eigenvalue weighted by molar-refractivity contribution is 1.41. The molecule has 0 aliphatic heterocycles. The molecule has 2 aromatic rings. The molecule has 70 valence electrons. The molecule has 0 spiro atoms. The molecule has 1 nitrogen and oxygen atoms in total. The first kappa shape index (κ1) is 10.2. The zero-order valence-electron chi connectivity index (χ0n) is 8.06. The van der Waals surface area contributed by atoms with Crippen LogP contribution in [0.25, 0.3) is 10.9 Å². The molecule has 14 heavy (non-hydrogen) atoms. The van der Waals surface area contributed by atoms with Crippen LogP contribution in [0.4, 0.5) is 0 Å². The topological polar surface area (TPSA) is 12.9 Å². The van der Waals surface area contributed by atoms with Crippen LogP contribution in [0.15, 0.2) is 67.9 Å². The molecule has 0 saturated heterocycles. The van der Waals surface area contributed by atoms with Crippen molar-refractivity contribution in [3.63, 3.8) is 0 Å². The van der Waals surface area contributed by atoms with E-state index in [0.29, 0.717) is 0 Å². The molecular weight excluding hydrogens is 170 g/mol. The highest BCUT2D eigenvalue weighted by Crippen LogP contribution is 2.07. The van der Waals surface area contributed by atoms with E-state index in [1.54, 1.807) is 12.2 Å². The molecule has 1 heteroatoms. The number of benzene rings is 1. The zero-order valence-corrected chi connectivity index (χ0v) is 8.06. The maximum atomic E-state index is 4.18. The third-order valence-corrected chi connectivity index (χ3v) is 1.68. The van der Waals surface area contributed by atoms with Crippen molar-refractivity contribution in [3.8, 4) is 0 Å². The van der Waals surface area contributed by atoms with E-state index in [1.807, 2.05) is 30.5 Å². The van der Waals surface area contributed by atoms with E-state index in [4.69, 9.17) is 0 Å². The summed E-state index contributed by atoms with van der Waals surface area (Å²) in [5.41, 5.74) is 1.06. The maximum Gasteiger partial charge on any atom is 0.0701 e. The van der Waals surface area contributed by atoms with E-state index >= 15 is 0 Å². The SMILES string of the molecule is C=CC=C.c1ccc2ncccc2c1. The summed E-state index contributed by atoms with van der Waals surface area (Å²) >= 11 is 0. The van der Waals surface area contributed by atoms with E-state index in [1.165, 1.54) is 5.39 Å². The van der Waals surface area contributed by atoms with Gasteiger partial charge in [0.2, 0.25) is 0 Å². The van der Waals surface area contributed by atoms with Gasteiger partial charge in [0, 0.05) is 11.6 Å². The molecule has 0 saturated carbocycles. The number of nitrogens with zero attached hydrogens (tertiary/aromatic N) is 1. The lowest BCUT2D eigenvalue weighted by Crippen LogP contribution is -1.73. The van der Waals surface area contributed by atoms with Crippen molar-refractivity contribution in [2.24, 2.45) is 0 Å². The molecule has 1 aromatic heterocycles. The zero-order chi connectivity index (χ0) is 10.2. The molecule has 0 N–H and O–H groups in total. The van der Waals surface area contributed by atoms with Gasteiger partial charge in [0.1, 0.15) is 0 Å². The average molecular weight is 183 g/mol. The maximum absolute atomic E-state index is 4.18. The fourth-order valence-corrected chi connectivity index (χ4v) is 1.02. The van der Waals surface area contributed by atoms with Gasteiger partial charge in [-0.15, -0.1) is 0 Å². The lowest BCUT2D eigenvalue weighted by atomic mass is 10.2. The first-order chi connectivity index (χ1) is 6.88. The fraction of sp³-hybridized carbons (Fsp3) is 0. The van der Waals surface area contributed by atoms with Gasteiger partial charge < -0.3 is 0 Å². The number of rotatable bonds is 1. The Bertz CT molecular complexity index is 347. The van der Waals surface area contributed by atoms with Gasteiger partial charge in [-0.05, 0) is 12.1 Å². The Kier molecular flexibility index (Phi) is 4.15. The summed E-state index contributed by atoms with van der Waals surface area (Å²) in [7, 11) is 0. The predicted octanol–water partition coefficient (Wildman–Crippen LogP) is 3.59. The van der Waals surface area contributed by atoms with Crippen LogP contribution >= 0.6 is 0 Å². The molecule has 0 unspecified atom stereocenters. The van der Waals surface area contributed by atoms with Crippen LogP contribution in [-0.2, 0) is 0 Å². The minimum atomic E-state index is 1.06. The van der Waals surface area contributed by atoms with Crippen molar-refractivity contribution < 1.29 is 0 Å². The van der Waals surface area contributed by atoms with Crippen LogP contribution in [0.5, 0.6) is 0 Å². The number of fused-ring (bicyclic) bond motifs is 1.